The lowest BCUT2D eigenvalue weighted by Crippen LogP contribution is -2.20. The Bertz CT molecular complexity index is 1310. The van der Waals surface area contributed by atoms with Crippen molar-refractivity contribution in [3.05, 3.63) is 93.0 Å². The predicted octanol–water partition coefficient (Wildman–Crippen LogP) is 5.91. The number of nitrogens with one attached hydrogen (secondary N) is 2. The number of anilines is 2. The molecular weight excluding hydrogens is 471 g/mol. The second-order valence-electron chi connectivity index (χ2n) is 7.21. The maximum absolute atomic E-state index is 13.9. The summed E-state index contributed by atoms with van der Waals surface area (Å²) >= 11 is 6.17. The fraction of sp³-hybridized carbons (Fsp3) is 0.0909. The molecule has 1 amide bonds. The highest BCUT2D eigenvalue weighted by atomic mass is 35.5. The van der Waals surface area contributed by atoms with Crippen LogP contribution in [0.2, 0.25) is 5.02 Å². The minimum Gasteiger partial charge on any atom is -0.478 e. The molecule has 0 aliphatic carbocycles. The molecule has 0 saturated heterocycles. The summed E-state index contributed by atoms with van der Waals surface area (Å²) in [5.74, 6) is -3.95. The third-order valence-corrected chi connectivity index (χ3v) is 5.35. The van der Waals surface area contributed by atoms with E-state index in [9.17, 15) is 36.6 Å². The van der Waals surface area contributed by atoms with E-state index in [0.29, 0.717) is 12.1 Å². The third kappa shape index (κ3) is 4.34. The number of fused-ring (bicyclic) bond motifs is 1. The second-order valence-corrected chi connectivity index (χ2v) is 7.62. The van der Waals surface area contributed by atoms with Gasteiger partial charge < -0.3 is 15.7 Å². The van der Waals surface area contributed by atoms with E-state index in [1.165, 1.54) is 6.07 Å². The molecule has 3 aromatic rings. The van der Waals surface area contributed by atoms with E-state index in [2.05, 4.69) is 10.6 Å². The van der Waals surface area contributed by atoms with Gasteiger partial charge in [0.1, 0.15) is 11.6 Å². The monoisotopic (exact) mass is 482 g/mol. The van der Waals surface area contributed by atoms with E-state index in [1.807, 2.05) is 0 Å². The van der Waals surface area contributed by atoms with Crippen LogP contribution in [0.25, 0.3) is 0 Å². The molecule has 0 fully saturated rings. The van der Waals surface area contributed by atoms with Gasteiger partial charge in [0.2, 0.25) is 0 Å². The van der Waals surface area contributed by atoms with Crippen LogP contribution in [0.5, 0.6) is 0 Å². The Morgan fingerprint density at radius 2 is 1.76 bits per heavy atom. The molecule has 5 nitrogen and oxygen atoms in total. The topological polar surface area (TPSA) is 78.4 Å². The smallest absolute Gasteiger partial charge is 0.416 e. The predicted molar refractivity (Wildman–Crippen MR) is 109 cm³/mol. The van der Waals surface area contributed by atoms with E-state index in [-0.39, 0.29) is 38.7 Å². The number of alkyl halides is 3. The zero-order valence-corrected chi connectivity index (χ0v) is 17.0. The summed E-state index contributed by atoms with van der Waals surface area (Å²) in [5.41, 5.74) is -1.88. The number of carboxylic acids is 1. The van der Waals surface area contributed by atoms with Gasteiger partial charge in [-0.15, -0.1) is 0 Å². The van der Waals surface area contributed by atoms with Crippen LogP contribution in [-0.2, 0) is 6.18 Å². The first-order valence-corrected chi connectivity index (χ1v) is 9.63. The number of rotatable bonds is 4. The van der Waals surface area contributed by atoms with Crippen LogP contribution in [0.3, 0.4) is 0 Å². The Balaban J connectivity index is 1.90. The maximum Gasteiger partial charge on any atom is 0.416 e. The molecule has 3 N–H and O–H groups in total. The van der Waals surface area contributed by atoms with Gasteiger partial charge in [0.25, 0.3) is 5.91 Å². The number of hydrogen-bond acceptors (Lipinski definition) is 3. The van der Waals surface area contributed by atoms with Crippen molar-refractivity contribution in [2.24, 2.45) is 0 Å². The Morgan fingerprint density at radius 1 is 1.03 bits per heavy atom. The molecule has 1 aliphatic rings. The average Bonchev–Trinajstić information content (AvgIpc) is 3.05. The van der Waals surface area contributed by atoms with Crippen LogP contribution in [0.1, 0.15) is 43.4 Å². The molecule has 33 heavy (non-hydrogen) atoms. The van der Waals surface area contributed by atoms with Crippen molar-refractivity contribution < 1.29 is 36.6 Å². The lowest BCUT2D eigenvalue weighted by atomic mass is 9.94. The highest BCUT2D eigenvalue weighted by Crippen LogP contribution is 2.41. The third-order valence-electron chi connectivity index (χ3n) is 5.01. The number of aromatic carboxylic acids is 1. The molecule has 3 aromatic carbocycles. The summed E-state index contributed by atoms with van der Waals surface area (Å²) in [7, 11) is 0. The van der Waals surface area contributed by atoms with Gasteiger partial charge in [-0.3, -0.25) is 4.79 Å². The molecule has 170 valence electrons. The van der Waals surface area contributed by atoms with E-state index in [0.717, 1.165) is 30.3 Å². The molecule has 1 atom stereocenters. The van der Waals surface area contributed by atoms with Gasteiger partial charge in [0.15, 0.2) is 0 Å². The quantitative estimate of drug-likeness (QED) is 0.404. The number of carbonyl (C=O) groups excluding carboxylic acids is 1. The summed E-state index contributed by atoms with van der Waals surface area (Å²) in [4.78, 5) is 24.2. The van der Waals surface area contributed by atoms with Crippen molar-refractivity contribution in [1.82, 2.24) is 5.32 Å². The van der Waals surface area contributed by atoms with Gasteiger partial charge in [-0.2, -0.15) is 13.2 Å². The van der Waals surface area contributed by atoms with Crippen LogP contribution in [-0.4, -0.2) is 17.0 Å². The molecule has 0 spiro atoms. The zero-order chi connectivity index (χ0) is 24.1. The molecule has 4 rings (SSSR count). The molecule has 1 heterocycles. The molecule has 0 saturated carbocycles. The summed E-state index contributed by atoms with van der Waals surface area (Å²) in [6.45, 7) is 0. The molecule has 0 bridgehead atoms. The first-order chi connectivity index (χ1) is 15.4. The summed E-state index contributed by atoms with van der Waals surface area (Å²) < 4.78 is 67.1. The van der Waals surface area contributed by atoms with Crippen LogP contribution in [0.4, 0.5) is 33.3 Å². The van der Waals surface area contributed by atoms with Gasteiger partial charge in [-0.25, -0.2) is 13.6 Å². The van der Waals surface area contributed by atoms with E-state index in [4.69, 9.17) is 11.6 Å². The normalized spacial score (nSPS) is 15.2. The van der Waals surface area contributed by atoms with Crippen molar-refractivity contribution in [1.29, 1.82) is 0 Å². The van der Waals surface area contributed by atoms with Crippen molar-refractivity contribution in [3.8, 4) is 0 Å². The molecular formula is C22H12ClF5N2O3. The van der Waals surface area contributed by atoms with Crippen LogP contribution >= 0.6 is 11.6 Å². The lowest BCUT2D eigenvalue weighted by Gasteiger charge is -2.19. The number of carboxylic acid groups (broad SMARTS) is 1. The average molecular weight is 483 g/mol. The molecule has 11 heteroatoms. The summed E-state index contributed by atoms with van der Waals surface area (Å²) in [6.07, 6.45) is -4.83. The number of hydrogen-bond donors (Lipinski definition) is 3. The fourth-order valence-corrected chi connectivity index (χ4v) is 3.84. The second kappa shape index (κ2) is 8.04. The van der Waals surface area contributed by atoms with Gasteiger partial charge >= 0.3 is 12.1 Å². The standard InChI is InChI=1S/C22H12ClF5N2O3/c23-16-2-1-11(24)8-14(16)19-18-15(20(31)30-19)3-9(21(32)33)4-17(18)29-13-6-10(22(26,27)28)5-12(25)7-13/h1-8,19,29H,(H,30,31)(H,32,33). The van der Waals surface area contributed by atoms with E-state index in [1.54, 1.807) is 0 Å². The minimum atomic E-state index is -4.83. The first kappa shape index (κ1) is 22.5. The van der Waals surface area contributed by atoms with Crippen molar-refractivity contribution >= 4 is 34.9 Å². The Kier molecular flexibility index (Phi) is 5.49. The summed E-state index contributed by atoms with van der Waals surface area (Å²) in [5, 5.41) is 14.6. The van der Waals surface area contributed by atoms with Gasteiger partial charge in [-0.1, -0.05) is 11.6 Å². The SMILES string of the molecule is O=C(O)c1cc(Nc2cc(F)cc(C(F)(F)F)c2)c2c(c1)C(=O)NC2c1cc(F)ccc1Cl. The van der Waals surface area contributed by atoms with Gasteiger partial charge in [0.05, 0.1) is 17.2 Å². The van der Waals surface area contributed by atoms with Gasteiger partial charge in [-0.05, 0) is 48.5 Å². The molecule has 1 aliphatic heterocycles. The van der Waals surface area contributed by atoms with E-state index < -0.39 is 41.3 Å². The largest absolute Gasteiger partial charge is 0.478 e. The van der Waals surface area contributed by atoms with Crippen molar-refractivity contribution in [3.63, 3.8) is 0 Å². The van der Waals surface area contributed by atoms with Crippen LogP contribution < -0.4 is 10.6 Å². The lowest BCUT2D eigenvalue weighted by molar-refractivity contribution is -0.137. The zero-order valence-electron chi connectivity index (χ0n) is 16.2. The molecule has 1 unspecified atom stereocenters. The Morgan fingerprint density at radius 3 is 2.42 bits per heavy atom. The van der Waals surface area contributed by atoms with Crippen LogP contribution in [0.15, 0.2) is 48.5 Å². The Hall–Kier alpha value is -3.66. The number of amides is 1. The fourth-order valence-electron chi connectivity index (χ4n) is 3.61. The van der Waals surface area contributed by atoms with Crippen molar-refractivity contribution in [2.45, 2.75) is 12.2 Å². The first-order valence-electron chi connectivity index (χ1n) is 9.26. The van der Waals surface area contributed by atoms with E-state index >= 15 is 0 Å². The molecule has 0 aromatic heterocycles. The molecule has 0 radical (unpaired) electrons. The number of benzene rings is 3. The summed E-state index contributed by atoms with van der Waals surface area (Å²) in [6, 6.07) is 6.28. The Labute approximate surface area is 187 Å². The maximum atomic E-state index is 13.9. The van der Waals surface area contributed by atoms with Crippen LogP contribution in [0, 0.1) is 11.6 Å². The minimum absolute atomic E-state index is 0.0905. The van der Waals surface area contributed by atoms with Gasteiger partial charge in [0, 0.05) is 33.1 Å². The highest BCUT2D eigenvalue weighted by molar-refractivity contribution is 6.31. The number of halogens is 6. The highest BCUT2D eigenvalue weighted by Gasteiger charge is 2.36. The number of carbonyl (C=O) groups is 2. The van der Waals surface area contributed by atoms with Crippen molar-refractivity contribution in [2.75, 3.05) is 5.32 Å².